The molecular formula is C48H70N16O11S2. The van der Waals surface area contributed by atoms with Gasteiger partial charge in [-0.3, -0.25) is 57.9 Å². The van der Waals surface area contributed by atoms with Gasteiger partial charge in [0.15, 0.2) is 11.9 Å². The minimum atomic E-state index is -1.71. The lowest BCUT2D eigenvalue weighted by molar-refractivity contribution is -0.142. The molecule has 2 aliphatic heterocycles. The number of guanidine groups is 2. The van der Waals surface area contributed by atoms with Gasteiger partial charge < -0.3 is 81.6 Å². The first-order valence-electron chi connectivity index (χ1n) is 24.8. The Kier molecular flexibility index (Phi) is 25.6. The number of carbonyl (C=O) groups is 10. The zero-order chi connectivity index (χ0) is 56.4. The van der Waals surface area contributed by atoms with E-state index in [-0.39, 0.29) is 100 Å². The second-order valence-electron chi connectivity index (χ2n) is 18.1. The average Bonchev–Trinajstić information content (AvgIpc) is 3.88. The molecule has 0 bridgehead atoms. The fourth-order valence-electron chi connectivity index (χ4n) is 8.16. The summed E-state index contributed by atoms with van der Waals surface area (Å²) in [5.41, 5.74) is 33.9. The lowest BCUT2D eigenvalue weighted by Crippen LogP contribution is -2.61. The number of hydrogen-bond acceptors (Lipinski definition) is 15. The number of nitrogens with zero attached hydrogens (tertiary/aromatic N) is 3. The summed E-state index contributed by atoms with van der Waals surface area (Å²) in [5, 5.41) is 28.3. The number of phenolic OH excluding ortho intramolecular Hbond substituents is 1. The van der Waals surface area contributed by atoms with E-state index in [1.807, 2.05) is 0 Å². The maximum Gasteiger partial charge on any atom is 0.246 e. The lowest BCUT2D eigenvalue weighted by Gasteiger charge is -2.31. The molecule has 2 heterocycles. The molecule has 0 radical (unpaired) electrons. The Morgan fingerprint density at radius 2 is 1.27 bits per heavy atom. The molecule has 4 rings (SSSR count). The molecule has 77 heavy (non-hydrogen) atoms. The van der Waals surface area contributed by atoms with Crippen LogP contribution in [0.3, 0.4) is 0 Å². The third-order valence-electron chi connectivity index (χ3n) is 12.0. The first kappa shape index (κ1) is 61.7. The number of aliphatic imine (C=N–C) groups is 2. The Bertz CT molecular complexity index is 2450. The van der Waals surface area contributed by atoms with E-state index in [1.54, 1.807) is 42.5 Å². The van der Waals surface area contributed by atoms with Crippen molar-refractivity contribution in [3.05, 3.63) is 65.7 Å². The second-order valence-corrected chi connectivity index (χ2v) is 20.8. The fourth-order valence-corrected chi connectivity index (χ4v) is 10.3. The molecule has 420 valence electrons. The molecular weight excluding hydrogens is 1040 g/mol. The van der Waals surface area contributed by atoms with Crippen molar-refractivity contribution in [3.63, 3.8) is 0 Å². The monoisotopic (exact) mass is 1110 g/mol. The smallest absolute Gasteiger partial charge is 0.246 e. The predicted molar refractivity (Wildman–Crippen MR) is 288 cm³/mol. The Hall–Kier alpha value is -7.82. The molecule has 0 unspecified atom stereocenters. The van der Waals surface area contributed by atoms with E-state index in [0.717, 1.165) is 21.6 Å². The van der Waals surface area contributed by atoms with Crippen LogP contribution in [-0.4, -0.2) is 161 Å². The lowest BCUT2D eigenvalue weighted by atomic mass is 10.0. The topological polar surface area (TPSA) is 459 Å². The van der Waals surface area contributed by atoms with Crippen LogP contribution in [0.1, 0.15) is 68.9 Å². The van der Waals surface area contributed by atoms with Crippen LogP contribution in [0.15, 0.2) is 64.6 Å². The van der Waals surface area contributed by atoms with Gasteiger partial charge in [0.2, 0.25) is 59.1 Å². The van der Waals surface area contributed by atoms with Crippen LogP contribution < -0.4 is 71.6 Å². The van der Waals surface area contributed by atoms with E-state index in [2.05, 4.69) is 47.2 Å². The largest absolute Gasteiger partial charge is 0.508 e. The number of likely N-dealkylation sites (tertiary alicyclic amines) is 1. The Morgan fingerprint density at radius 3 is 1.91 bits per heavy atom. The third kappa shape index (κ3) is 22.1. The molecule has 29 heteroatoms. The van der Waals surface area contributed by atoms with Gasteiger partial charge in [-0.2, -0.15) is 0 Å². The zero-order valence-corrected chi connectivity index (χ0v) is 44.0. The second kappa shape index (κ2) is 31.9. The standard InChI is InChI=1S/C48H70N16O11S2/c49-37(66)24-34-44(73)63-35(46(75)64-20-7-12-36(64)45(74)60-30(11-6-19-56-48(53)54)40(69)57-25-38(50)67)26-77-76-21-17-39(68)58-32(23-28-13-15-29(65)16-14-28)42(71)61-33(22-27-8-2-1-3-9-27)43(72)59-31(41(70)62-34)10-4-5-18-55-47(51)52/h1-3,8-9,13-16,30-36,65H,4-7,10-12,17-26H2,(H2,49,66)(H2,50,67)(H,57,69)(H,58,68)(H,59,72)(H,60,74)(H,61,71)(H,62,70)(H,63,73)(H4,51,52,55)(H4,53,54,56)/t30-,31-,32-,33-,34-,35-,36-/m0/s1. The molecule has 0 saturated carbocycles. The summed E-state index contributed by atoms with van der Waals surface area (Å²) in [4.78, 5) is 146. The summed E-state index contributed by atoms with van der Waals surface area (Å²) in [6.45, 7) is -0.206. The number of carbonyl (C=O) groups excluding carboxylic acids is 10. The first-order chi connectivity index (χ1) is 36.7. The average molecular weight is 1110 g/mol. The van der Waals surface area contributed by atoms with Gasteiger partial charge >= 0.3 is 0 Å². The third-order valence-corrected chi connectivity index (χ3v) is 14.4. The Labute approximate surface area is 452 Å². The van der Waals surface area contributed by atoms with Crippen LogP contribution in [0.25, 0.3) is 0 Å². The quantitative estimate of drug-likeness (QED) is 0.0244. The molecule has 2 aromatic carbocycles. The van der Waals surface area contributed by atoms with Crippen molar-refractivity contribution in [1.82, 2.24) is 42.1 Å². The highest BCUT2D eigenvalue weighted by molar-refractivity contribution is 8.76. The molecule has 0 spiro atoms. The fraction of sp³-hybridized carbons (Fsp3) is 0.500. The maximum absolute atomic E-state index is 14.6. The summed E-state index contributed by atoms with van der Waals surface area (Å²) in [6.07, 6.45) is 0.231. The zero-order valence-electron chi connectivity index (χ0n) is 42.4. The van der Waals surface area contributed by atoms with Crippen molar-refractivity contribution in [1.29, 1.82) is 0 Å². The molecule has 27 nitrogen and oxygen atoms in total. The highest BCUT2D eigenvalue weighted by atomic mass is 33.1. The SMILES string of the molecule is NC(=O)CNC(=O)[C@H](CCCN=C(N)N)NC(=O)[C@@H]1CCCN1C(=O)[C@@H]1CSSCCC(=O)N[C@@H](Cc2ccc(O)cc2)C(=O)N[C@@H](Cc2ccccc2)C(=O)N[C@@H](CCCCN=C(N)N)C(=O)N[C@@H](CC(N)=O)C(=O)N1. The number of rotatable bonds is 21. The summed E-state index contributed by atoms with van der Waals surface area (Å²) >= 11 is 0. The van der Waals surface area contributed by atoms with Crippen molar-refractivity contribution in [2.45, 2.75) is 113 Å². The summed E-state index contributed by atoms with van der Waals surface area (Å²) < 4.78 is 0. The molecule has 0 aromatic heterocycles. The van der Waals surface area contributed by atoms with E-state index >= 15 is 0 Å². The number of benzene rings is 2. The minimum absolute atomic E-state index is 0.0222. The van der Waals surface area contributed by atoms with E-state index in [1.165, 1.54) is 17.0 Å². The van der Waals surface area contributed by atoms with Crippen LogP contribution in [-0.2, 0) is 60.8 Å². The van der Waals surface area contributed by atoms with Crippen LogP contribution in [0.4, 0.5) is 0 Å². The van der Waals surface area contributed by atoms with E-state index in [9.17, 15) is 53.1 Å². The number of unbranched alkanes of at least 4 members (excludes halogenated alkanes) is 1. The van der Waals surface area contributed by atoms with E-state index < -0.39 is 114 Å². The number of nitrogens with one attached hydrogen (secondary N) is 7. The number of phenols is 1. The van der Waals surface area contributed by atoms with Gasteiger partial charge in [0.1, 0.15) is 48.0 Å². The molecule has 2 aromatic rings. The van der Waals surface area contributed by atoms with E-state index in [4.69, 9.17) is 34.4 Å². The predicted octanol–water partition coefficient (Wildman–Crippen LogP) is -4.16. The minimum Gasteiger partial charge on any atom is -0.508 e. The molecule has 20 N–H and O–H groups in total. The first-order valence-corrected chi connectivity index (χ1v) is 27.3. The summed E-state index contributed by atoms with van der Waals surface area (Å²) in [6, 6.07) is 5.17. The number of hydrogen-bond donors (Lipinski definition) is 14. The van der Waals surface area contributed by atoms with Crippen LogP contribution >= 0.6 is 21.6 Å². The van der Waals surface area contributed by atoms with E-state index in [0.29, 0.717) is 24.0 Å². The highest BCUT2D eigenvalue weighted by Crippen LogP contribution is 2.26. The molecule has 0 aliphatic carbocycles. The molecule has 10 amide bonds. The molecule has 2 fully saturated rings. The Morgan fingerprint density at radius 1 is 0.688 bits per heavy atom. The normalized spacial score (nSPS) is 21.3. The van der Waals surface area contributed by atoms with Crippen molar-refractivity contribution >= 4 is 92.6 Å². The van der Waals surface area contributed by atoms with Crippen LogP contribution in [0, 0.1) is 0 Å². The van der Waals surface area contributed by atoms with Crippen LogP contribution in [0.5, 0.6) is 5.75 Å². The molecule has 2 aliphatic rings. The van der Waals surface area contributed by atoms with Crippen LogP contribution in [0.2, 0.25) is 0 Å². The number of primary amides is 2. The molecule has 7 atom stereocenters. The van der Waals surface area contributed by atoms with Crippen molar-refractivity contribution in [2.24, 2.45) is 44.4 Å². The summed E-state index contributed by atoms with van der Waals surface area (Å²) in [5.74, 6) is -8.54. The van der Waals surface area contributed by atoms with Gasteiger partial charge in [0, 0.05) is 50.4 Å². The number of amides is 10. The molecule has 2 saturated heterocycles. The van der Waals surface area contributed by atoms with Gasteiger partial charge in [-0.25, -0.2) is 0 Å². The Balaban J connectivity index is 1.70. The van der Waals surface area contributed by atoms with Crippen molar-refractivity contribution < 1.29 is 53.1 Å². The number of aromatic hydroxyl groups is 1. The van der Waals surface area contributed by atoms with Gasteiger partial charge in [-0.1, -0.05) is 64.1 Å². The van der Waals surface area contributed by atoms with Gasteiger partial charge in [0.25, 0.3) is 0 Å². The highest BCUT2D eigenvalue weighted by Gasteiger charge is 2.40. The van der Waals surface area contributed by atoms with Crippen molar-refractivity contribution in [3.8, 4) is 5.75 Å². The van der Waals surface area contributed by atoms with Gasteiger partial charge in [0.05, 0.1) is 13.0 Å². The summed E-state index contributed by atoms with van der Waals surface area (Å²) in [7, 11) is 2.23. The maximum atomic E-state index is 14.6. The number of nitrogens with two attached hydrogens (primary N) is 6. The van der Waals surface area contributed by atoms with Gasteiger partial charge in [-0.05, 0) is 68.2 Å². The van der Waals surface area contributed by atoms with Gasteiger partial charge in [-0.15, -0.1) is 0 Å². The van der Waals surface area contributed by atoms with Crippen molar-refractivity contribution in [2.75, 3.05) is 37.7 Å².